The van der Waals surface area contributed by atoms with Crippen LogP contribution in [-0.4, -0.2) is 54.1 Å². The molecule has 0 unspecified atom stereocenters. The van der Waals surface area contributed by atoms with Gasteiger partial charge in [-0.2, -0.15) is 11.8 Å². The average molecular weight is 237 g/mol. The summed E-state index contributed by atoms with van der Waals surface area (Å²) < 4.78 is 12.4. The Morgan fingerprint density at radius 3 is 2.87 bits per heavy atom. The fourth-order valence-electron chi connectivity index (χ4n) is 0.730. The largest absolute Gasteiger partial charge is 0.480 e. The van der Waals surface area contributed by atoms with Crippen molar-refractivity contribution in [2.24, 2.45) is 5.73 Å². The molecule has 0 aromatic heterocycles. The van der Waals surface area contributed by atoms with Crippen LogP contribution in [0, 0.1) is 5.41 Å². The maximum atomic E-state index is 12.4. The highest BCUT2D eigenvalue weighted by atomic mass is 32.2. The molecular weight excluding hydrogens is 221 g/mol. The summed E-state index contributed by atoms with van der Waals surface area (Å²) in [5.74, 6) is -0.629. The second-order valence-electron chi connectivity index (χ2n) is 3.06. The first-order valence-corrected chi connectivity index (χ1v) is 5.58. The highest BCUT2D eigenvalue weighted by molar-refractivity contribution is 7.99. The molecule has 0 saturated heterocycles. The van der Waals surface area contributed by atoms with Crippen molar-refractivity contribution in [2.45, 2.75) is 5.54 Å². The van der Waals surface area contributed by atoms with Crippen LogP contribution in [0.2, 0.25) is 0 Å². The van der Waals surface area contributed by atoms with Crippen molar-refractivity contribution in [1.29, 1.82) is 5.41 Å². The molecular formula is C8H16FN3O2S. The van der Waals surface area contributed by atoms with Gasteiger partial charge < -0.3 is 21.6 Å². The van der Waals surface area contributed by atoms with E-state index in [0.29, 0.717) is 18.8 Å². The van der Waals surface area contributed by atoms with Crippen LogP contribution in [0.15, 0.2) is 0 Å². The third-order valence-corrected chi connectivity index (χ3v) is 2.91. The predicted octanol–water partition coefficient (Wildman–Crippen LogP) is -0.290. The lowest BCUT2D eigenvalue weighted by Crippen LogP contribution is -2.52. The molecule has 0 amide bonds. The van der Waals surface area contributed by atoms with Crippen LogP contribution in [0.4, 0.5) is 4.39 Å². The van der Waals surface area contributed by atoms with Gasteiger partial charge >= 0.3 is 5.97 Å². The third kappa shape index (κ3) is 5.71. The van der Waals surface area contributed by atoms with E-state index < -0.39 is 18.2 Å². The minimum absolute atomic E-state index is 0.0467. The number of carboxylic acid groups (broad SMARTS) is 1. The molecule has 7 heteroatoms. The van der Waals surface area contributed by atoms with Crippen LogP contribution < -0.4 is 11.1 Å². The van der Waals surface area contributed by atoms with Gasteiger partial charge in [0, 0.05) is 30.8 Å². The Morgan fingerprint density at radius 2 is 2.40 bits per heavy atom. The number of alkyl halides is 1. The predicted molar refractivity (Wildman–Crippen MR) is 59.5 cm³/mol. The molecule has 88 valence electrons. The molecule has 5 N–H and O–H groups in total. The van der Waals surface area contributed by atoms with Gasteiger partial charge in [-0.3, -0.25) is 4.79 Å². The number of carbonyl (C=O) groups is 1. The van der Waals surface area contributed by atoms with Crippen LogP contribution in [0.5, 0.6) is 0 Å². The lowest BCUT2D eigenvalue weighted by molar-refractivity contribution is -0.142. The van der Waals surface area contributed by atoms with Gasteiger partial charge in [0.1, 0.15) is 6.67 Å². The van der Waals surface area contributed by atoms with Crippen molar-refractivity contribution >= 4 is 23.9 Å². The van der Waals surface area contributed by atoms with Gasteiger partial charge in [-0.05, 0) is 0 Å². The number of nitrogens with one attached hydrogen (secondary N) is 2. The van der Waals surface area contributed by atoms with E-state index >= 15 is 0 Å². The molecule has 5 nitrogen and oxygen atoms in total. The normalized spacial score (nSPS) is 14.5. The minimum atomic E-state index is -1.77. The van der Waals surface area contributed by atoms with Crippen molar-refractivity contribution in [2.75, 3.05) is 31.3 Å². The van der Waals surface area contributed by atoms with E-state index in [9.17, 15) is 9.18 Å². The first-order chi connectivity index (χ1) is 7.06. The molecule has 0 bridgehead atoms. The fourth-order valence-corrected chi connectivity index (χ4v) is 1.73. The zero-order valence-corrected chi connectivity index (χ0v) is 9.15. The van der Waals surface area contributed by atoms with Crippen LogP contribution >= 0.6 is 11.8 Å². The Labute approximate surface area is 92.1 Å². The van der Waals surface area contributed by atoms with E-state index in [1.54, 1.807) is 0 Å². The van der Waals surface area contributed by atoms with Gasteiger partial charge in [0.05, 0.1) is 0 Å². The number of carboxylic acids is 1. The minimum Gasteiger partial charge on any atom is -0.480 e. The second kappa shape index (κ2) is 7.61. The van der Waals surface area contributed by atoms with Gasteiger partial charge in [0.2, 0.25) is 0 Å². The Balaban J connectivity index is 3.64. The summed E-state index contributed by atoms with van der Waals surface area (Å²) in [6, 6.07) is 0. The summed E-state index contributed by atoms with van der Waals surface area (Å²) >= 11 is 1.28. The van der Waals surface area contributed by atoms with E-state index in [0.717, 1.165) is 0 Å². The second-order valence-corrected chi connectivity index (χ2v) is 4.16. The Bertz CT molecular complexity index is 218. The lowest BCUT2D eigenvalue weighted by atomic mass is 10.1. The highest BCUT2D eigenvalue weighted by Gasteiger charge is 2.33. The van der Waals surface area contributed by atoms with E-state index in [2.05, 4.69) is 5.32 Å². The summed E-state index contributed by atoms with van der Waals surface area (Å²) in [6.07, 6.45) is 1.23. The first kappa shape index (κ1) is 14.3. The SMILES string of the molecule is N=CCNCCSC[C@@](N)(CF)C(=O)O. The van der Waals surface area contributed by atoms with Gasteiger partial charge in [0.25, 0.3) is 0 Å². The van der Waals surface area contributed by atoms with Gasteiger partial charge in [0.15, 0.2) is 5.54 Å². The number of nitrogens with two attached hydrogens (primary N) is 1. The van der Waals surface area contributed by atoms with Crippen molar-refractivity contribution < 1.29 is 14.3 Å². The molecule has 0 aromatic rings. The quantitative estimate of drug-likeness (QED) is 0.326. The topological polar surface area (TPSA) is 99.2 Å². The molecule has 0 heterocycles. The Kier molecular flexibility index (Phi) is 7.27. The maximum absolute atomic E-state index is 12.4. The van der Waals surface area contributed by atoms with E-state index in [1.165, 1.54) is 18.0 Å². The monoisotopic (exact) mass is 237 g/mol. The summed E-state index contributed by atoms with van der Waals surface area (Å²) in [5.41, 5.74) is 3.56. The molecule has 0 spiro atoms. The van der Waals surface area contributed by atoms with Crippen molar-refractivity contribution in [3.63, 3.8) is 0 Å². The highest BCUT2D eigenvalue weighted by Crippen LogP contribution is 2.11. The number of rotatable bonds is 9. The van der Waals surface area contributed by atoms with Crippen LogP contribution in [0.25, 0.3) is 0 Å². The number of hydrogen-bond donors (Lipinski definition) is 4. The summed E-state index contributed by atoms with van der Waals surface area (Å²) in [7, 11) is 0. The summed E-state index contributed by atoms with van der Waals surface area (Å²) in [6.45, 7) is 0.0572. The Morgan fingerprint density at radius 1 is 1.73 bits per heavy atom. The van der Waals surface area contributed by atoms with Crippen LogP contribution in [0.3, 0.4) is 0 Å². The number of halogens is 1. The third-order valence-electron chi connectivity index (χ3n) is 1.69. The van der Waals surface area contributed by atoms with Crippen molar-refractivity contribution in [3.8, 4) is 0 Å². The van der Waals surface area contributed by atoms with E-state index in [-0.39, 0.29) is 5.75 Å². The molecule has 0 fully saturated rings. The van der Waals surface area contributed by atoms with Gasteiger partial charge in [-0.1, -0.05) is 0 Å². The zero-order valence-electron chi connectivity index (χ0n) is 8.33. The van der Waals surface area contributed by atoms with Crippen molar-refractivity contribution in [1.82, 2.24) is 5.32 Å². The maximum Gasteiger partial charge on any atom is 0.327 e. The standard InChI is InChI=1S/C8H16FN3O2S/c9-5-8(11,7(13)14)6-15-4-3-12-2-1-10/h1,10,12H,2-6,11H2,(H,13,14)/t8-/m0/s1. The molecule has 0 saturated carbocycles. The molecule has 0 aliphatic rings. The number of aliphatic carboxylic acids is 1. The molecule has 15 heavy (non-hydrogen) atoms. The molecule has 0 aliphatic heterocycles. The Hall–Kier alpha value is -0.660. The van der Waals surface area contributed by atoms with Crippen LogP contribution in [0.1, 0.15) is 0 Å². The molecule has 0 aliphatic carbocycles. The van der Waals surface area contributed by atoms with Gasteiger partial charge in [-0.25, -0.2) is 4.39 Å². The molecule has 0 rings (SSSR count). The van der Waals surface area contributed by atoms with E-state index in [1.807, 2.05) is 0 Å². The zero-order chi connectivity index (χ0) is 11.7. The number of hydrogen-bond acceptors (Lipinski definition) is 5. The van der Waals surface area contributed by atoms with E-state index in [4.69, 9.17) is 16.2 Å². The molecule has 0 radical (unpaired) electrons. The first-order valence-electron chi connectivity index (χ1n) is 4.42. The molecule has 0 aromatic carbocycles. The fraction of sp³-hybridized carbons (Fsp3) is 0.750. The number of thioether (sulfide) groups is 1. The lowest BCUT2D eigenvalue weighted by Gasteiger charge is -2.20. The average Bonchev–Trinajstić information content (AvgIpc) is 2.22. The van der Waals surface area contributed by atoms with Crippen LogP contribution in [-0.2, 0) is 4.79 Å². The smallest absolute Gasteiger partial charge is 0.327 e. The summed E-state index contributed by atoms with van der Waals surface area (Å²) in [5, 5.41) is 18.3. The van der Waals surface area contributed by atoms with Gasteiger partial charge in [-0.15, -0.1) is 0 Å². The summed E-state index contributed by atoms with van der Waals surface area (Å²) in [4.78, 5) is 10.6. The van der Waals surface area contributed by atoms with Crippen molar-refractivity contribution in [3.05, 3.63) is 0 Å². The molecule has 1 atom stereocenters.